The zero-order valence-electron chi connectivity index (χ0n) is 20.3. The van der Waals surface area contributed by atoms with E-state index in [-0.39, 0.29) is 6.61 Å². The summed E-state index contributed by atoms with van der Waals surface area (Å²) in [6.45, 7) is 0.618. The molecule has 0 radical (unpaired) electrons. The molecule has 4 rings (SSSR count). The highest BCUT2D eigenvalue weighted by Gasteiger charge is 2.11. The number of hydrogen-bond donors (Lipinski definition) is 1. The molecular formula is C29H23Cl3N2O4. The maximum Gasteiger partial charge on any atom is 0.271 e. The Kier molecular flexibility index (Phi) is 9.49. The van der Waals surface area contributed by atoms with Crippen LogP contribution >= 0.6 is 34.8 Å². The molecule has 0 aliphatic rings. The molecule has 9 heteroatoms. The van der Waals surface area contributed by atoms with E-state index in [9.17, 15) is 4.79 Å². The van der Waals surface area contributed by atoms with E-state index in [0.29, 0.717) is 50.1 Å². The zero-order chi connectivity index (χ0) is 26.9. The van der Waals surface area contributed by atoms with Gasteiger partial charge < -0.3 is 14.2 Å². The number of carbonyl (C=O) groups is 1. The second-order valence-electron chi connectivity index (χ2n) is 8.05. The van der Waals surface area contributed by atoms with Gasteiger partial charge in [0.2, 0.25) is 0 Å². The summed E-state index contributed by atoms with van der Waals surface area (Å²) < 4.78 is 17.0. The third-order valence-corrected chi connectivity index (χ3v) is 6.28. The number of nitrogens with one attached hydrogen (secondary N) is 1. The lowest BCUT2D eigenvalue weighted by molar-refractivity contribution is 0.0954. The number of rotatable bonds is 10. The van der Waals surface area contributed by atoms with Gasteiger partial charge in [-0.1, -0.05) is 71.2 Å². The van der Waals surface area contributed by atoms with E-state index in [0.717, 1.165) is 11.1 Å². The molecule has 1 N–H and O–H groups in total. The number of methoxy groups -OCH3 is 1. The summed E-state index contributed by atoms with van der Waals surface area (Å²) in [7, 11) is 1.52. The zero-order valence-corrected chi connectivity index (χ0v) is 22.6. The van der Waals surface area contributed by atoms with Crippen molar-refractivity contribution in [2.24, 2.45) is 5.10 Å². The Bertz CT molecular complexity index is 1450. The van der Waals surface area contributed by atoms with Gasteiger partial charge in [-0.05, 0) is 59.7 Å². The van der Waals surface area contributed by atoms with Gasteiger partial charge in [-0.15, -0.1) is 0 Å². The summed E-state index contributed by atoms with van der Waals surface area (Å²) >= 11 is 18.5. The standard InChI is InChI=1S/C29H23Cl3N2O4/c1-36-28-14-21(9-12-27(28)37-17-19-5-3-2-4-6-19)29(35)34-33-16-20-7-11-26(25(32)13-20)38-18-22-8-10-23(30)15-24(22)31/h2-16H,17-18H2,1H3,(H,34,35)/b33-16+. The predicted molar refractivity (Wildman–Crippen MR) is 151 cm³/mol. The topological polar surface area (TPSA) is 69.2 Å². The van der Waals surface area contributed by atoms with Crippen LogP contribution < -0.4 is 19.6 Å². The summed E-state index contributed by atoms with van der Waals surface area (Å²) in [6.07, 6.45) is 1.48. The molecule has 0 saturated heterocycles. The highest BCUT2D eigenvalue weighted by molar-refractivity contribution is 6.35. The summed E-state index contributed by atoms with van der Waals surface area (Å²) in [5.41, 5.74) is 5.36. The smallest absolute Gasteiger partial charge is 0.271 e. The summed E-state index contributed by atoms with van der Waals surface area (Å²) in [4.78, 5) is 12.6. The van der Waals surface area contributed by atoms with Gasteiger partial charge in [0.1, 0.15) is 19.0 Å². The molecular weight excluding hydrogens is 547 g/mol. The molecule has 0 aliphatic heterocycles. The van der Waals surface area contributed by atoms with Crippen LogP contribution in [0, 0.1) is 0 Å². The molecule has 0 spiro atoms. The highest BCUT2D eigenvalue weighted by Crippen LogP contribution is 2.29. The molecule has 194 valence electrons. The van der Waals surface area contributed by atoms with Gasteiger partial charge in [-0.2, -0.15) is 5.10 Å². The fraction of sp³-hybridized carbons (Fsp3) is 0.103. The molecule has 0 unspecified atom stereocenters. The molecule has 1 amide bonds. The fourth-order valence-corrected chi connectivity index (χ4v) is 4.11. The molecule has 0 aromatic heterocycles. The van der Waals surface area contributed by atoms with Gasteiger partial charge >= 0.3 is 0 Å². The van der Waals surface area contributed by atoms with Crippen molar-refractivity contribution in [3.8, 4) is 17.2 Å². The number of benzene rings is 4. The molecule has 6 nitrogen and oxygen atoms in total. The van der Waals surface area contributed by atoms with Gasteiger partial charge in [0.05, 0.1) is 18.3 Å². The second-order valence-corrected chi connectivity index (χ2v) is 9.30. The molecule has 0 atom stereocenters. The molecule has 0 heterocycles. The first kappa shape index (κ1) is 27.3. The minimum atomic E-state index is -0.403. The molecule has 4 aromatic rings. The molecule has 0 saturated carbocycles. The van der Waals surface area contributed by atoms with Crippen molar-refractivity contribution in [2.75, 3.05) is 7.11 Å². The van der Waals surface area contributed by atoms with Crippen molar-refractivity contribution in [1.82, 2.24) is 5.43 Å². The maximum absolute atomic E-state index is 12.6. The lowest BCUT2D eigenvalue weighted by Gasteiger charge is -2.12. The first-order valence-electron chi connectivity index (χ1n) is 11.5. The molecule has 0 aliphatic carbocycles. The monoisotopic (exact) mass is 568 g/mol. The number of halogens is 3. The number of amides is 1. The van der Waals surface area contributed by atoms with Crippen LogP contribution in [0.25, 0.3) is 0 Å². The van der Waals surface area contributed by atoms with E-state index in [1.807, 2.05) is 30.3 Å². The van der Waals surface area contributed by atoms with Gasteiger partial charge in [0.25, 0.3) is 5.91 Å². The number of nitrogens with zero attached hydrogens (tertiary/aromatic N) is 1. The van der Waals surface area contributed by atoms with E-state index >= 15 is 0 Å². The van der Waals surface area contributed by atoms with Gasteiger partial charge in [0, 0.05) is 21.2 Å². The van der Waals surface area contributed by atoms with Crippen molar-refractivity contribution < 1.29 is 19.0 Å². The molecule has 0 bridgehead atoms. The maximum atomic E-state index is 12.6. The Morgan fingerprint density at radius 1 is 0.816 bits per heavy atom. The normalized spacial score (nSPS) is 10.8. The Labute approximate surface area is 235 Å². The SMILES string of the molecule is COc1cc(C(=O)N/N=C/c2ccc(OCc3ccc(Cl)cc3Cl)c(Cl)c2)ccc1OCc1ccccc1. The van der Waals surface area contributed by atoms with Crippen molar-refractivity contribution in [2.45, 2.75) is 13.2 Å². The molecule has 4 aromatic carbocycles. The van der Waals surface area contributed by atoms with Crippen LogP contribution in [-0.2, 0) is 13.2 Å². The van der Waals surface area contributed by atoms with Gasteiger partial charge in [-0.25, -0.2) is 5.43 Å². The van der Waals surface area contributed by atoms with Gasteiger partial charge in [-0.3, -0.25) is 4.79 Å². The van der Waals surface area contributed by atoms with Crippen LogP contribution in [0.4, 0.5) is 0 Å². The Morgan fingerprint density at radius 3 is 2.32 bits per heavy atom. The van der Waals surface area contributed by atoms with Crippen molar-refractivity contribution >= 4 is 46.9 Å². The number of hydrogen-bond acceptors (Lipinski definition) is 5. The molecule has 38 heavy (non-hydrogen) atoms. The summed E-state index contributed by atoms with van der Waals surface area (Å²) in [6, 6.07) is 25.1. The van der Waals surface area contributed by atoms with Gasteiger partial charge in [0.15, 0.2) is 11.5 Å². The first-order valence-corrected chi connectivity index (χ1v) is 12.6. The van der Waals surface area contributed by atoms with Crippen LogP contribution in [-0.4, -0.2) is 19.2 Å². The predicted octanol–water partition coefficient (Wildman–Crippen LogP) is 7.58. The van der Waals surface area contributed by atoms with Crippen LogP contribution in [0.5, 0.6) is 17.2 Å². The van der Waals surface area contributed by atoms with Crippen LogP contribution in [0.3, 0.4) is 0 Å². The average Bonchev–Trinajstić information content (AvgIpc) is 2.92. The van der Waals surface area contributed by atoms with Crippen LogP contribution in [0.1, 0.15) is 27.0 Å². The van der Waals surface area contributed by atoms with E-state index in [4.69, 9.17) is 49.0 Å². The Balaban J connectivity index is 1.33. The fourth-order valence-electron chi connectivity index (χ4n) is 3.40. The van der Waals surface area contributed by atoms with Crippen molar-refractivity contribution in [3.63, 3.8) is 0 Å². The third kappa shape index (κ3) is 7.42. The van der Waals surface area contributed by atoms with E-state index in [1.165, 1.54) is 13.3 Å². The minimum absolute atomic E-state index is 0.235. The minimum Gasteiger partial charge on any atom is -0.493 e. The third-order valence-electron chi connectivity index (χ3n) is 5.40. The summed E-state index contributed by atoms with van der Waals surface area (Å²) in [5.74, 6) is 1.06. The van der Waals surface area contributed by atoms with Crippen molar-refractivity contribution in [1.29, 1.82) is 0 Å². The Hall–Kier alpha value is -3.71. The van der Waals surface area contributed by atoms with E-state index in [1.54, 1.807) is 54.6 Å². The second kappa shape index (κ2) is 13.2. The number of hydrazone groups is 1. The lowest BCUT2D eigenvalue weighted by Crippen LogP contribution is -2.17. The van der Waals surface area contributed by atoms with E-state index in [2.05, 4.69) is 10.5 Å². The van der Waals surface area contributed by atoms with Crippen LogP contribution in [0.15, 0.2) is 90.0 Å². The average molecular weight is 570 g/mol. The number of carbonyl (C=O) groups excluding carboxylic acids is 1. The number of ether oxygens (including phenoxy) is 3. The Morgan fingerprint density at radius 2 is 1.58 bits per heavy atom. The highest BCUT2D eigenvalue weighted by atomic mass is 35.5. The van der Waals surface area contributed by atoms with Crippen LogP contribution in [0.2, 0.25) is 15.1 Å². The lowest BCUT2D eigenvalue weighted by atomic mass is 10.2. The quantitative estimate of drug-likeness (QED) is 0.158. The summed E-state index contributed by atoms with van der Waals surface area (Å²) in [5, 5.41) is 5.49. The largest absolute Gasteiger partial charge is 0.493 e. The first-order chi connectivity index (χ1) is 18.4. The van der Waals surface area contributed by atoms with E-state index < -0.39 is 5.91 Å². The molecule has 0 fully saturated rings. The van der Waals surface area contributed by atoms with Crippen molar-refractivity contribution in [3.05, 3.63) is 122 Å².